The van der Waals surface area contributed by atoms with Gasteiger partial charge in [0.15, 0.2) is 18.4 Å². The largest absolute Gasteiger partial charge is 0.416 e. The number of pyridine rings is 1. The van der Waals surface area contributed by atoms with Gasteiger partial charge in [0.25, 0.3) is 0 Å². The number of fused-ring (bicyclic) bond motifs is 1. The lowest BCUT2D eigenvalue weighted by molar-refractivity contribution is -0.695. The maximum Gasteiger partial charge on any atom is 0.416 e. The standard InChI is InChI=1S/C32H12BF24.C32H44N/c34-25(35,36)13-1-14(26(37,38)39)6-21(5-13)33(22-7-15(27(40,41)42)2-16(8-22)28(43,44)45,23-9-17(29(46,47)48)3-18(10-23)30(49,50)51)24-11-19(31(52,53)54)4-20(12-24)32(55,56)57;1-2-3-4-5-6-7-8-10-15-27-20-22-30(23-21-27)32-31-19-14-13-18-29(31)24-25-33(32)26-28-16-11-9-12-17-28/h1-12H;9,11-14,16-19,24-25,27,30H,2-8,10,15,20-23,26H2,1H3/q-1;+1. The van der Waals surface area contributed by atoms with E-state index in [9.17, 15) is 105 Å². The minimum Gasteiger partial charge on any atom is -0.197 e. The maximum absolute atomic E-state index is 14.2. The Balaban J connectivity index is 0.000000294. The van der Waals surface area contributed by atoms with Crippen LogP contribution in [-0.4, -0.2) is 6.15 Å². The quantitative estimate of drug-likeness (QED) is 0.0393. The molecule has 1 aromatic heterocycles. The fraction of sp³-hybridized carbons (Fsp3) is 0.391. The molecule has 1 nitrogen and oxygen atoms in total. The normalized spacial score (nSPS) is 15.9. The van der Waals surface area contributed by atoms with Gasteiger partial charge in [0.1, 0.15) is 6.15 Å². The van der Waals surface area contributed by atoms with Gasteiger partial charge in [0.05, 0.1) is 44.5 Å². The Hall–Kier alpha value is -6.89. The Bertz CT molecular complexity index is 3100. The number of alkyl halides is 24. The van der Waals surface area contributed by atoms with Crippen molar-refractivity contribution in [2.24, 2.45) is 5.92 Å². The van der Waals surface area contributed by atoms with E-state index in [-0.39, 0.29) is 0 Å². The van der Waals surface area contributed by atoms with Crippen molar-refractivity contribution in [2.75, 3.05) is 0 Å². The molecule has 0 spiro atoms. The second kappa shape index (κ2) is 27.1. The molecule has 7 aromatic rings. The molecule has 8 rings (SSSR count). The van der Waals surface area contributed by atoms with Gasteiger partial charge in [-0.15, -0.1) is 0 Å². The highest BCUT2D eigenvalue weighted by Crippen LogP contribution is 2.43. The summed E-state index contributed by atoms with van der Waals surface area (Å²) >= 11 is 0. The molecule has 1 fully saturated rings. The monoisotopic (exact) mass is 1310 g/mol. The van der Waals surface area contributed by atoms with Crippen molar-refractivity contribution in [3.05, 3.63) is 195 Å². The van der Waals surface area contributed by atoms with Crippen molar-refractivity contribution in [2.45, 2.75) is 152 Å². The van der Waals surface area contributed by atoms with Gasteiger partial charge in [-0.05, 0) is 67.3 Å². The van der Waals surface area contributed by atoms with Crippen molar-refractivity contribution in [1.82, 2.24) is 0 Å². The molecule has 0 radical (unpaired) electrons. The third-order valence-corrected chi connectivity index (χ3v) is 16.3. The van der Waals surface area contributed by atoms with Crippen LogP contribution in [0.15, 0.2) is 140 Å². The predicted octanol–water partition coefficient (Wildman–Crippen LogP) is 20.2. The van der Waals surface area contributed by atoms with Crippen molar-refractivity contribution in [1.29, 1.82) is 0 Å². The Morgan fingerprint density at radius 2 is 0.667 bits per heavy atom. The lowest BCUT2D eigenvalue weighted by Crippen LogP contribution is -2.75. The van der Waals surface area contributed by atoms with Gasteiger partial charge in [-0.2, -0.15) is 132 Å². The fourth-order valence-electron chi connectivity index (χ4n) is 12.0. The Morgan fingerprint density at radius 3 is 1.00 bits per heavy atom. The third kappa shape index (κ3) is 17.4. The van der Waals surface area contributed by atoms with E-state index in [1.807, 2.05) is 0 Å². The van der Waals surface area contributed by atoms with Crippen LogP contribution < -0.4 is 26.4 Å². The Kier molecular flexibility index (Phi) is 21.3. The number of aromatic nitrogens is 1. The molecular weight excluding hydrogens is 1250 g/mol. The van der Waals surface area contributed by atoms with Crippen LogP contribution >= 0.6 is 0 Å². The lowest BCUT2D eigenvalue weighted by Gasteiger charge is -2.46. The summed E-state index contributed by atoms with van der Waals surface area (Å²) in [5.41, 5.74) is -27.2. The Labute approximate surface area is 501 Å². The molecule has 26 heteroatoms. The maximum atomic E-state index is 14.2. The SMILES string of the molecule is CCCCCCCCCCC1CCC(c2c3ccccc3cc[n+]2Cc2ccccc2)CC1.FC(F)(F)c1cc([B-](c2cc(C(F)(F)F)cc(C(F)(F)F)c2)(c2cc(C(F)(F)F)cc(C(F)(F)F)c2)c2cc(C(F)(F)F)cc(C(F)(F)F)c2)cc(C(F)(F)F)c1. The number of halogens is 24. The van der Waals surface area contributed by atoms with E-state index in [4.69, 9.17) is 0 Å². The number of rotatable bonds is 16. The van der Waals surface area contributed by atoms with Crippen LogP contribution in [0.25, 0.3) is 10.8 Å². The van der Waals surface area contributed by atoms with Crippen LogP contribution in [-0.2, 0) is 56.0 Å². The van der Waals surface area contributed by atoms with E-state index in [2.05, 4.69) is 78.4 Å². The van der Waals surface area contributed by atoms with Crippen LogP contribution in [0.5, 0.6) is 0 Å². The minimum absolute atomic E-state index is 0.689. The van der Waals surface area contributed by atoms with Gasteiger partial charge >= 0.3 is 49.4 Å². The van der Waals surface area contributed by atoms with Gasteiger partial charge in [0, 0.05) is 22.9 Å². The second-order valence-electron chi connectivity index (χ2n) is 22.6. The van der Waals surface area contributed by atoms with Gasteiger partial charge in [0.2, 0.25) is 0 Å². The highest BCUT2D eigenvalue weighted by atomic mass is 19.4. The van der Waals surface area contributed by atoms with Gasteiger partial charge in [-0.1, -0.05) is 162 Å². The van der Waals surface area contributed by atoms with Crippen molar-refractivity contribution in [3.63, 3.8) is 0 Å². The summed E-state index contributed by atoms with van der Waals surface area (Å²) in [5.74, 6) is 1.65. The van der Waals surface area contributed by atoms with Crippen LogP contribution in [0.2, 0.25) is 0 Å². The highest BCUT2D eigenvalue weighted by Gasteiger charge is 2.47. The molecule has 0 atom stereocenters. The summed E-state index contributed by atoms with van der Waals surface area (Å²) in [5, 5.41) is 2.85. The van der Waals surface area contributed by atoms with Crippen LogP contribution in [0.1, 0.15) is 152 Å². The van der Waals surface area contributed by atoms with Gasteiger partial charge in [-0.3, -0.25) is 0 Å². The number of hydrogen-bond donors (Lipinski definition) is 0. The summed E-state index contributed by atoms with van der Waals surface area (Å²) in [4.78, 5) is 0. The third-order valence-electron chi connectivity index (χ3n) is 16.3. The molecule has 0 unspecified atom stereocenters. The van der Waals surface area contributed by atoms with Gasteiger partial charge < -0.3 is 0 Å². The van der Waals surface area contributed by atoms with Crippen LogP contribution in [0, 0.1) is 5.92 Å². The zero-order valence-corrected chi connectivity index (χ0v) is 47.4. The van der Waals surface area contributed by atoms with Crippen LogP contribution in [0.3, 0.4) is 0 Å². The molecule has 6 aromatic carbocycles. The number of nitrogens with zero attached hydrogens (tertiary/aromatic N) is 1. The average molecular weight is 1310 g/mol. The topological polar surface area (TPSA) is 3.88 Å². The Morgan fingerprint density at radius 1 is 0.356 bits per heavy atom. The summed E-state index contributed by atoms with van der Waals surface area (Å²) in [6, 6.07) is 13.5. The zero-order valence-electron chi connectivity index (χ0n) is 47.4. The molecule has 1 saturated carbocycles. The molecule has 0 bridgehead atoms. The fourth-order valence-corrected chi connectivity index (χ4v) is 12.0. The first-order chi connectivity index (χ1) is 41.6. The van der Waals surface area contributed by atoms with Gasteiger partial charge in [-0.25, -0.2) is 0 Å². The molecule has 0 amide bonds. The first-order valence-corrected chi connectivity index (χ1v) is 28.4. The molecule has 1 aliphatic rings. The number of unbranched alkanes of at least 4 members (excludes halogenated alkanes) is 7. The second-order valence-corrected chi connectivity index (χ2v) is 22.6. The molecule has 1 aliphatic carbocycles. The van der Waals surface area contributed by atoms with E-state index >= 15 is 0 Å². The summed E-state index contributed by atoms with van der Waals surface area (Å²) in [7, 11) is 0. The van der Waals surface area contributed by atoms with E-state index < -0.39 is 195 Å². The van der Waals surface area contributed by atoms with Crippen molar-refractivity contribution >= 4 is 38.8 Å². The van der Waals surface area contributed by atoms with E-state index in [1.165, 1.54) is 99.8 Å². The van der Waals surface area contributed by atoms with E-state index in [1.54, 1.807) is 5.69 Å². The van der Waals surface area contributed by atoms with Crippen LogP contribution in [0.4, 0.5) is 105 Å². The summed E-state index contributed by atoms with van der Waals surface area (Å²) in [6.45, 7) is 3.27. The minimum atomic E-state index is -6.13. The molecule has 0 saturated heterocycles. The van der Waals surface area contributed by atoms with Crippen molar-refractivity contribution in [3.8, 4) is 0 Å². The lowest BCUT2D eigenvalue weighted by atomic mass is 9.12. The predicted molar refractivity (Wildman–Crippen MR) is 292 cm³/mol. The number of hydrogen-bond acceptors (Lipinski definition) is 0. The van der Waals surface area contributed by atoms with E-state index in [0.29, 0.717) is 5.92 Å². The van der Waals surface area contributed by atoms with E-state index in [0.717, 1.165) is 12.5 Å². The zero-order chi connectivity index (χ0) is 66.6. The smallest absolute Gasteiger partial charge is 0.197 e. The van der Waals surface area contributed by atoms with Crippen molar-refractivity contribution < 1.29 is 110 Å². The molecule has 1 heterocycles. The first-order valence-electron chi connectivity index (χ1n) is 28.4. The average Bonchev–Trinajstić information content (AvgIpc) is 0.742. The molecular formula is C64H56BF24N. The molecule has 0 aliphatic heterocycles. The first kappa shape index (κ1) is 70.6. The molecule has 90 heavy (non-hydrogen) atoms. The summed E-state index contributed by atoms with van der Waals surface area (Å²) < 4.78 is 343. The highest BCUT2D eigenvalue weighted by molar-refractivity contribution is 7.20. The molecule has 0 N–H and O–H groups in total. The number of benzene rings is 6. The molecule has 488 valence electrons. The summed E-state index contributed by atoms with van der Waals surface area (Å²) in [6.07, 6.45) is -34.0.